The van der Waals surface area contributed by atoms with Crippen molar-refractivity contribution >= 4 is 23.4 Å². The first-order valence-corrected chi connectivity index (χ1v) is 6.07. The lowest BCUT2D eigenvalue weighted by molar-refractivity contribution is 1.05. The van der Waals surface area contributed by atoms with Crippen LogP contribution < -0.4 is 0 Å². The first-order chi connectivity index (χ1) is 7.65. The normalized spacial score (nSPS) is 10.4. The van der Waals surface area contributed by atoms with Gasteiger partial charge in [0, 0.05) is 4.90 Å². The summed E-state index contributed by atoms with van der Waals surface area (Å²) in [4.78, 5) is 9.39. The lowest BCUT2D eigenvalue weighted by atomic mass is 10.2. The SMILES string of the molecule is Cc1ccc(Sc2cncc(Cl)n2)c(C)c1. The summed E-state index contributed by atoms with van der Waals surface area (Å²) >= 11 is 7.37. The third-order valence-electron chi connectivity index (χ3n) is 2.13. The fourth-order valence-electron chi connectivity index (χ4n) is 1.40. The Balaban J connectivity index is 2.27. The van der Waals surface area contributed by atoms with Crippen LogP contribution in [-0.4, -0.2) is 9.97 Å². The standard InChI is InChI=1S/C12H11ClN2S/c1-8-3-4-10(9(2)5-8)16-12-7-14-6-11(13)15-12/h3-7H,1-2H3. The molecule has 0 aliphatic carbocycles. The summed E-state index contributed by atoms with van der Waals surface area (Å²) in [6.45, 7) is 4.17. The molecular formula is C12H11ClN2S. The van der Waals surface area contributed by atoms with Gasteiger partial charge in [-0.05, 0) is 25.5 Å². The van der Waals surface area contributed by atoms with Crippen molar-refractivity contribution in [1.29, 1.82) is 0 Å². The van der Waals surface area contributed by atoms with Crippen molar-refractivity contribution in [2.24, 2.45) is 0 Å². The van der Waals surface area contributed by atoms with Gasteiger partial charge in [-0.25, -0.2) is 4.98 Å². The number of halogens is 1. The van der Waals surface area contributed by atoms with Gasteiger partial charge < -0.3 is 0 Å². The Hall–Kier alpha value is -1.06. The molecule has 0 spiro atoms. The van der Waals surface area contributed by atoms with Crippen LogP contribution in [0, 0.1) is 13.8 Å². The van der Waals surface area contributed by atoms with Gasteiger partial charge in [-0.2, -0.15) is 0 Å². The molecule has 0 bridgehead atoms. The van der Waals surface area contributed by atoms with Gasteiger partial charge in [0.1, 0.15) is 10.2 Å². The van der Waals surface area contributed by atoms with Gasteiger partial charge >= 0.3 is 0 Å². The minimum absolute atomic E-state index is 0.426. The Kier molecular flexibility index (Phi) is 3.46. The fourth-order valence-corrected chi connectivity index (χ4v) is 2.44. The van der Waals surface area contributed by atoms with Crippen LogP contribution in [0.15, 0.2) is 40.5 Å². The highest BCUT2D eigenvalue weighted by Gasteiger charge is 2.03. The molecule has 2 nitrogen and oxygen atoms in total. The maximum atomic E-state index is 5.79. The van der Waals surface area contributed by atoms with Crippen LogP contribution >= 0.6 is 23.4 Å². The third-order valence-corrected chi connectivity index (χ3v) is 3.39. The van der Waals surface area contributed by atoms with E-state index >= 15 is 0 Å². The molecule has 2 aromatic rings. The molecule has 0 unspecified atom stereocenters. The Bertz CT molecular complexity index is 514. The molecule has 2 rings (SSSR count). The number of hydrogen-bond donors (Lipinski definition) is 0. The molecule has 82 valence electrons. The molecule has 4 heteroatoms. The zero-order valence-corrected chi connectivity index (χ0v) is 10.6. The topological polar surface area (TPSA) is 25.8 Å². The van der Waals surface area contributed by atoms with Crippen LogP contribution in [0.4, 0.5) is 0 Å². The number of hydrogen-bond acceptors (Lipinski definition) is 3. The van der Waals surface area contributed by atoms with Crippen LogP contribution in [0.5, 0.6) is 0 Å². The van der Waals surface area contributed by atoms with E-state index in [1.165, 1.54) is 22.2 Å². The molecule has 0 saturated carbocycles. The van der Waals surface area contributed by atoms with Crippen molar-refractivity contribution in [2.75, 3.05) is 0 Å². The second-order valence-electron chi connectivity index (χ2n) is 3.55. The molecule has 0 fully saturated rings. The van der Waals surface area contributed by atoms with Crippen molar-refractivity contribution in [1.82, 2.24) is 9.97 Å². The second-order valence-corrected chi connectivity index (χ2v) is 5.00. The highest BCUT2D eigenvalue weighted by molar-refractivity contribution is 7.99. The third kappa shape index (κ3) is 2.74. The minimum Gasteiger partial charge on any atom is -0.259 e. The van der Waals surface area contributed by atoms with Gasteiger partial charge in [0.15, 0.2) is 0 Å². The first kappa shape index (κ1) is 11.4. The van der Waals surface area contributed by atoms with Gasteiger partial charge in [-0.1, -0.05) is 41.1 Å². The van der Waals surface area contributed by atoms with Gasteiger partial charge in [-0.15, -0.1) is 0 Å². The van der Waals surface area contributed by atoms with E-state index in [0.29, 0.717) is 5.15 Å². The van der Waals surface area contributed by atoms with E-state index in [9.17, 15) is 0 Å². The number of benzene rings is 1. The number of rotatable bonds is 2. The summed E-state index contributed by atoms with van der Waals surface area (Å²) in [5.74, 6) is 0. The van der Waals surface area contributed by atoms with Crippen molar-refractivity contribution in [3.63, 3.8) is 0 Å². The molecule has 1 aromatic heterocycles. The van der Waals surface area contributed by atoms with Gasteiger partial charge in [0.25, 0.3) is 0 Å². The molecule has 0 N–H and O–H groups in total. The molecule has 0 radical (unpaired) electrons. The average Bonchev–Trinajstić information content (AvgIpc) is 2.22. The van der Waals surface area contributed by atoms with E-state index in [2.05, 4.69) is 42.0 Å². The number of nitrogens with zero attached hydrogens (tertiary/aromatic N) is 2. The fraction of sp³-hybridized carbons (Fsp3) is 0.167. The lowest BCUT2D eigenvalue weighted by Crippen LogP contribution is -1.86. The van der Waals surface area contributed by atoms with E-state index in [0.717, 1.165) is 5.03 Å². The zero-order chi connectivity index (χ0) is 11.5. The summed E-state index contributed by atoms with van der Waals surface area (Å²) in [6.07, 6.45) is 3.25. The van der Waals surface area contributed by atoms with E-state index in [4.69, 9.17) is 11.6 Å². The smallest absolute Gasteiger partial charge is 0.148 e. The van der Waals surface area contributed by atoms with E-state index in [1.807, 2.05) is 0 Å². The molecule has 16 heavy (non-hydrogen) atoms. The minimum atomic E-state index is 0.426. The predicted octanol–water partition coefficient (Wildman–Crippen LogP) is 3.90. The number of aryl methyl sites for hydroxylation is 2. The Morgan fingerprint density at radius 3 is 2.69 bits per heavy atom. The van der Waals surface area contributed by atoms with E-state index in [1.54, 1.807) is 18.0 Å². The summed E-state index contributed by atoms with van der Waals surface area (Å²) in [5, 5.41) is 1.24. The van der Waals surface area contributed by atoms with Crippen LogP contribution in [0.25, 0.3) is 0 Å². The molecule has 1 heterocycles. The monoisotopic (exact) mass is 250 g/mol. The summed E-state index contributed by atoms with van der Waals surface area (Å²) in [7, 11) is 0. The summed E-state index contributed by atoms with van der Waals surface area (Å²) < 4.78 is 0. The molecule has 0 atom stereocenters. The lowest BCUT2D eigenvalue weighted by Gasteiger charge is -2.05. The van der Waals surface area contributed by atoms with Gasteiger partial charge in [0.05, 0.1) is 12.4 Å². The van der Waals surface area contributed by atoms with Crippen molar-refractivity contribution in [2.45, 2.75) is 23.8 Å². The maximum Gasteiger partial charge on any atom is 0.148 e. The second kappa shape index (κ2) is 4.85. The average molecular weight is 251 g/mol. The summed E-state index contributed by atoms with van der Waals surface area (Å²) in [5.41, 5.74) is 2.51. The molecule has 0 aliphatic heterocycles. The van der Waals surface area contributed by atoms with Crippen LogP contribution in [0.1, 0.15) is 11.1 Å². The number of aromatic nitrogens is 2. The predicted molar refractivity (Wildman–Crippen MR) is 67.1 cm³/mol. The Morgan fingerprint density at radius 2 is 2.00 bits per heavy atom. The molecule has 1 aromatic carbocycles. The van der Waals surface area contributed by atoms with Crippen LogP contribution in [0.2, 0.25) is 5.15 Å². The van der Waals surface area contributed by atoms with Crippen molar-refractivity contribution in [3.05, 3.63) is 46.9 Å². The molecule has 0 amide bonds. The Labute approximate surface area is 104 Å². The van der Waals surface area contributed by atoms with E-state index in [-0.39, 0.29) is 0 Å². The molecular weight excluding hydrogens is 240 g/mol. The van der Waals surface area contributed by atoms with Crippen LogP contribution in [-0.2, 0) is 0 Å². The van der Waals surface area contributed by atoms with Crippen molar-refractivity contribution < 1.29 is 0 Å². The van der Waals surface area contributed by atoms with Crippen molar-refractivity contribution in [3.8, 4) is 0 Å². The highest BCUT2D eigenvalue weighted by atomic mass is 35.5. The maximum absolute atomic E-state index is 5.79. The van der Waals surface area contributed by atoms with Gasteiger partial charge in [-0.3, -0.25) is 4.98 Å². The largest absolute Gasteiger partial charge is 0.259 e. The quantitative estimate of drug-likeness (QED) is 0.809. The molecule has 0 saturated heterocycles. The van der Waals surface area contributed by atoms with Gasteiger partial charge in [0.2, 0.25) is 0 Å². The molecule has 0 aliphatic rings. The Morgan fingerprint density at radius 1 is 1.19 bits per heavy atom. The zero-order valence-electron chi connectivity index (χ0n) is 9.07. The summed E-state index contributed by atoms with van der Waals surface area (Å²) in [6, 6.07) is 6.34. The highest BCUT2D eigenvalue weighted by Crippen LogP contribution is 2.29. The van der Waals surface area contributed by atoms with E-state index < -0.39 is 0 Å². The first-order valence-electron chi connectivity index (χ1n) is 4.88. The van der Waals surface area contributed by atoms with Crippen LogP contribution in [0.3, 0.4) is 0 Å².